The smallest absolute Gasteiger partial charge is 0.138 e. The minimum atomic E-state index is -0.366. The van der Waals surface area contributed by atoms with Crippen LogP contribution in [0.3, 0.4) is 0 Å². The zero-order valence-electron chi connectivity index (χ0n) is 8.92. The second-order valence-electron chi connectivity index (χ2n) is 4.14. The number of benzene rings is 1. The first-order valence-electron chi connectivity index (χ1n) is 4.78. The van der Waals surface area contributed by atoms with Crippen molar-refractivity contribution in [3.8, 4) is 5.75 Å². The second kappa shape index (κ2) is 4.84. The number of nitrogens with one attached hydrogen (secondary N) is 1. The Bertz CT molecular complexity index is 339. The molecule has 0 heterocycles. The van der Waals surface area contributed by atoms with E-state index in [4.69, 9.17) is 16.7 Å². The fraction of sp³-hybridized carbons (Fsp3) is 0.455. The van der Waals surface area contributed by atoms with Crippen LogP contribution in [0.25, 0.3) is 0 Å². The van der Waals surface area contributed by atoms with E-state index in [0.29, 0.717) is 11.6 Å². The second-order valence-corrected chi connectivity index (χ2v) is 4.55. The zero-order valence-corrected chi connectivity index (χ0v) is 9.67. The summed E-state index contributed by atoms with van der Waals surface area (Å²) >= 11 is 5.77. The lowest BCUT2D eigenvalue weighted by atomic mass is 10.1. The molecule has 4 heteroatoms. The van der Waals surface area contributed by atoms with Crippen molar-refractivity contribution in [2.45, 2.75) is 25.9 Å². The van der Waals surface area contributed by atoms with E-state index >= 15 is 0 Å². The van der Waals surface area contributed by atoms with Crippen LogP contribution in [0.2, 0.25) is 5.02 Å². The highest BCUT2D eigenvalue weighted by molar-refractivity contribution is 6.32. The molecule has 1 rings (SSSR count). The maximum atomic E-state index is 9.63. The van der Waals surface area contributed by atoms with Crippen LogP contribution in [0.5, 0.6) is 5.75 Å². The van der Waals surface area contributed by atoms with Gasteiger partial charge in [0.2, 0.25) is 0 Å². The molecule has 0 spiro atoms. The predicted octanol–water partition coefficient (Wildman–Crippen LogP) is 1.91. The van der Waals surface area contributed by atoms with Crippen LogP contribution in [0, 0.1) is 0 Å². The van der Waals surface area contributed by atoms with E-state index in [1.54, 1.807) is 18.2 Å². The molecule has 0 unspecified atom stereocenters. The predicted molar refractivity (Wildman–Crippen MR) is 61.1 cm³/mol. The van der Waals surface area contributed by atoms with Gasteiger partial charge in [0.05, 0.1) is 11.6 Å². The summed E-state index contributed by atoms with van der Waals surface area (Å²) in [7, 11) is 0. The van der Waals surface area contributed by atoms with Crippen molar-refractivity contribution in [3.05, 3.63) is 28.8 Å². The molecule has 0 radical (unpaired) electrons. The van der Waals surface area contributed by atoms with Crippen molar-refractivity contribution in [2.75, 3.05) is 6.61 Å². The number of phenols is 1. The van der Waals surface area contributed by atoms with Gasteiger partial charge in [-0.1, -0.05) is 23.7 Å². The van der Waals surface area contributed by atoms with E-state index in [2.05, 4.69) is 5.32 Å². The Morgan fingerprint density at radius 2 is 2.07 bits per heavy atom. The molecule has 0 atom stereocenters. The maximum absolute atomic E-state index is 9.63. The summed E-state index contributed by atoms with van der Waals surface area (Å²) in [6.45, 7) is 4.28. The molecule has 0 saturated carbocycles. The largest absolute Gasteiger partial charge is 0.506 e. The molecule has 0 saturated heterocycles. The number of aromatic hydroxyl groups is 1. The standard InChI is InChI=1S/C11H16ClNO2/c1-11(2,7-14)13-6-8-4-3-5-9(12)10(8)15/h3-5,13-15H,6-7H2,1-2H3. The average Bonchev–Trinajstić information content (AvgIpc) is 2.20. The van der Waals surface area contributed by atoms with E-state index in [1.807, 2.05) is 13.8 Å². The molecule has 0 bridgehead atoms. The highest BCUT2D eigenvalue weighted by atomic mass is 35.5. The molecule has 15 heavy (non-hydrogen) atoms. The van der Waals surface area contributed by atoms with Gasteiger partial charge >= 0.3 is 0 Å². The van der Waals surface area contributed by atoms with Crippen molar-refractivity contribution in [3.63, 3.8) is 0 Å². The van der Waals surface area contributed by atoms with Gasteiger partial charge < -0.3 is 15.5 Å². The first kappa shape index (κ1) is 12.3. The minimum Gasteiger partial charge on any atom is -0.506 e. The van der Waals surface area contributed by atoms with Crippen molar-refractivity contribution in [2.24, 2.45) is 0 Å². The van der Waals surface area contributed by atoms with Gasteiger partial charge in [-0.15, -0.1) is 0 Å². The third kappa shape index (κ3) is 3.38. The third-order valence-electron chi connectivity index (χ3n) is 2.22. The van der Waals surface area contributed by atoms with Gasteiger partial charge in [-0.05, 0) is 19.9 Å². The fourth-order valence-corrected chi connectivity index (χ4v) is 1.29. The van der Waals surface area contributed by atoms with E-state index in [-0.39, 0.29) is 17.9 Å². The van der Waals surface area contributed by atoms with Crippen LogP contribution >= 0.6 is 11.6 Å². The fourth-order valence-electron chi connectivity index (χ4n) is 1.09. The molecule has 0 fully saturated rings. The molecular formula is C11H16ClNO2. The normalized spacial score (nSPS) is 11.7. The highest BCUT2D eigenvalue weighted by Crippen LogP contribution is 2.26. The molecule has 0 aliphatic heterocycles. The van der Waals surface area contributed by atoms with Gasteiger partial charge in [0.25, 0.3) is 0 Å². The Morgan fingerprint density at radius 1 is 1.40 bits per heavy atom. The van der Waals surface area contributed by atoms with Crippen molar-refractivity contribution >= 4 is 11.6 Å². The quantitative estimate of drug-likeness (QED) is 0.739. The summed E-state index contributed by atoms with van der Waals surface area (Å²) in [6.07, 6.45) is 0. The highest BCUT2D eigenvalue weighted by Gasteiger charge is 2.16. The van der Waals surface area contributed by atoms with Gasteiger partial charge in [0.1, 0.15) is 5.75 Å². The lowest BCUT2D eigenvalue weighted by Gasteiger charge is -2.23. The van der Waals surface area contributed by atoms with E-state index < -0.39 is 0 Å². The molecule has 1 aromatic rings. The Hall–Kier alpha value is -0.770. The first-order chi connectivity index (χ1) is 6.96. The zero-order chi connectivity index (χ0) is 11.5. The summed E-state index contributed by atoms with van der Waals surface area (Å²) in [5.74, 6) is 0.0976. The lowest BCUT2D eigenvalue weighted by Crippen LogP contribution is -2.42. The lowest BCUT2D eigenvalue weighted by molar-refractivity contribution is 0.187. The summed E-state index contributed by atoms with van der Waals surface area (Å²) in [5, 5.41) is 22.1. The Kier molecular flexibility index (Phi) is 3.97. The number of aliphatic hydroxyl groups excluding tert-OH is 1. The van der Waals surface area contributed by atoms with E-state index in [9.17, 15) is 5.11 Å². The monoisotopic (exact) mass is 229 g/mol. The molecular weight excluding hydrogens is 214 g/mol. The Morgan fingerprint density at radius 3 is 2.67 bits per heavy atom. The third-order valence-corrected chi connectivity index (χ3v) is 2.53. The molecule has 0 aromatic heterocycles. The number of para-hydroxylation sites is 1. The number of hydrogen-bond acceptors (Lipinski definition) is 3. The van der Waals surface area contributed by atoms with Crippen molar-refractivity contribution in [1.82, 2.24) is 5.32 Å². The summed E-state index contributed by atoms with van der Waals surface area (Å²) in [6, 6.07) is 5.21. The molecule has 3 nitrogen and oxygen atoms in total. The van der Waals surface area contributed by atoms with Crippen LogP contribution in [0.15, 0.2) is 18.2 Å². The topological polar surface area (TPSA) is 52.5 Å². The van der Waals surface area contributed by atoms with Crippen LogP contribution in [-0.2, 0) is 6.54 Å². The molecule has 0 aliphatic carbocycles. The van der Waals surface area contributed by atoms with Gasteiger partial charge in [0.15, 0.2) is 0 Å². The van der Waals surface area contributed by atoms with Gasteiger partial charge in [-0.2, -0.15) is 0 Å². The molecule has 3 N–H and O–H groups in total. The summed E-state index contributed by atoms with van der Waals surface area (Å²) < 4.78 is 0. The number of hydrogen-bond donors (Lipinski definition) is 3. The summed E-state index contributed by atoms with van der Waals surface area (Å²) in [4.78, 5) is 0. The Balaban J connectivity index is 2.70. The number of rotatable bonds is 4. The van der Waals surface area contributed by atoms with Crippen LogP contribution in [0.4, 0.5) is 0 Å². The van der Waals surface area contributed by atoms with Gasteiger partial charge in [-0.3, -0.25) is 0 Å². The van der Waals surface area contributed by atoms with Crippen molar-refractivity contribution in [1.29, 1.82) is 0 Å². The first-order valence-corrected chi connectivity index (χ1v) is 5.16. The molecule has 1 aromatic carbocycles. The molecule has 0 aliphatic rings. The minimum absolute atomic E-state index is 0.0360. The van der Waals surface area contributed by atoms with Crippen LogP contribution in [-0.4, -0.2) is 22.4 Å². The maximum Gasteiger partial charge on any atom is 0.138 e. The van der Waals surface area contributed by atoms with E-state index in [1.165, 1.54) is 0 Å². The number of halogens is 1. The SMILES string of the molecule is CC(C)(CO)NCc1cccc(Cl)c1O. The van der Waals surface area contributed by atoms with Crippen LogP contribution in [0.1, 0.15) is 19.4 Å². The molecule has 84 valence electrons. The molecule has 0 amide bonds. The van der Waals surface area contributed by atoms with Gasteiger partial charge in [0, 0.05) is 17.6 Å². The van der Waals surface area contributed by atoms with E-state index in [0.717, 1.165) is 5.56 Å². The Labute approximate surface area is 94.7 Å². The summed E-state index contributed by atoms with van der Waals surface area (Å²) in [5.41, 5.74) is 0.360. The van der Waals surface area contributed by atoms with Gasteiger partial charge in [-0.25, -0.2) is 0 Å². The average molecular weight is 230 g/mol. The number of aliphatic hydroxyl groups is 1. The van der Waals surface area contributed by atoms with Crippen molar-refractivity contribution < 1.29 is 10.2 Å². The van der Waals surface area contributed by atoms with Crippen LogP contribution < -0.4 is 5.32 Å². The number of phenolic OH excluding ortho intramolecular Hbond substituents is 1.